The van der Waals surface area contributed by atoms with E-state index >= 15 is 0 Å². The maximum Gasteiger partial charge on any atom is 0.153 e. The van der Waals surface area contributed by atoms with Crippen molar-refractivity contribution < 1.29 is 4.74 Å². The van der Waals surface area contributed by atoms with Gasteiger partial charge in [-0.25, -0.2) is 4.98 Å². The van der Waals surface area contributed by atoms with Crippen LogP contribution in [0.2, 0.25) is 0 Å². The van der Waals surface area contributed by atoms with Crippen LogP contribution in [0.3, 0.4) is 0 Å². The third-order valence-corrected chi connectivity index (χ3v) is 3.76. The average Bonchev–Trinajstić information content (AvgIpc) is 2.95. The first-order valence-corrected chi connectivity index (χ1v) is 7.49. The number of ether oxygens (including phenoxy) is 1. The van der Waals surface area contributed by atoms with Crippen LogP contribution in [0.4, 0.5) is 0 Å². The molecule has 112 valence electrons. The molecule has 2 aromatic carbocycles. The minimum Gasteiger partial charge on any atom is -0.483 e. The first kappa shape index (κ1) is 14.4. The Morgan fingerprint density at radius 1 is 1.23 bits per heavy atom. The molecule has 0 aliphatic heterocycles. The van der Waals surface area contributed by atoms with Gasteiger partial charge in [-0.05, 0) is 43.5 Å². The summed E-state index contributed by atoms with van der Waals surface area (Å²) in [6, 6.07) is 14.2. The molecule has 3 aromatic rings. The fourth-order valence-corrected chi connectivity index (χ4v) is 2.58. The van der Waals surface area contributed by atoms with Crippen molar-refractivity contribution in [2.75, 3.05) is 0 Å². The lowest BCUT2D eigenvalue weighted by molar-refractivity contribution is 0.216. The van der Waals surface area contributed by atoms with Crippen molar-refractivity contribution in [3.8, 4) is 5.75 Å². The van der Waals surface area contributed by atoms with E-state index in [0.29, 0.717) is 0 Å². The number of H-pyrrole nitrogens is 1. The highest BCUT2D eigenvalue weighted by molar-refractivity contribution is 5.78. The van der Waals surface area contributed by atoms with Crippen molar-refractivity contribution in [1.82, 2.24) is 9.97 Å². The van der Waals surface area contributed by atoms with E-state index in [1.54, 1.807) is 0 Å². The molecular weight excluding hydrogens is 272 g/mol. The second kappa shape index (κ2) is 6.06. The topological polar surface area (TPSA) is 37.9 Å². The molecule has 0 aliphatic carbocycles. The van der Waals surface area contributed by atoms with E-state index in [4.69, 9.17) is 4.74 Å². The first-order chi connectivity index (χ1) is 10.7. The second-order valence-corrected chi connectivity index (χ2v) is 5.45. The third-order valence-electron chi connectivity index (χ3n) is 3.76. The molecule has 3 rings (SSSR count). The van der Waals surface area contributed by atoms with E-state index in [1.807, 2.05) is 43.3 Å². The maximum atomic E-state index is 6.11. The van der Waals surface area contributed by atoms with Crippen molar-refractivity contribution >= 4 is 11.0 Å². The van der Waals surface area contributed by atoms with Crippen LogP contribution in [0.5, 0.6) is 5.75 Å². The van der Waals surface area contributed by atoms with E-state index in [1.165, 1.54) is 5.56 Å². The van der Waals surface area contributed by atoms with Crippen LogP contribution in [0.15, 0.2) is 55.1 Å². The Labute approximate surface area is 130 Å². The molecule has 0 saturated heterocycles. The zero-order valence-electron chi connectivity index (χ0n) is 13.0. The van der Waals surface area contributed by atoms with Gasteiger partial charge in [0.15, 0.2) is 6.10 Å². The molecule has 0 bridgehead atoms. The molecule has 0 spiro atoms. The molecule has 1 N–H and O–H groups in total. The van der Waals surface area contributed by atoms with E-state index in [-0.39, 0.29) is 6.10 Å². The van der Waals surface area contributed by atoms with E-state index in [2.05, 4.69) is 35.6 Å². The van der Waals surface area contributed by atoms with Crippen LogP contribution in [0.25, 0.3) is 11.0 Å². The minimum absolute atomic E-state index is 0.141. The van der Waals surface area contributed by atoms with Crippen LogP contribution in [-0.2, 0) is 6.42 Å². The van der Waals surface area contributed by atoms with Gasteiger partial charge in [-0.2, -0.15) is 0 Å². The summed E-state index contributed by atoms with van der Waals surface area (Å²) in [5.74, 6) is 1.73. The van der Waals surface area contributed by atoms with Gasteiger partial charge < -0.3 is 9.72 Å². The van der Waals surface area contributed by atoms with Gasteiger partial charge in [0.2, 0.25) is 0 Å². The van der Waals surface area contributed by atoms with Crippen LogP contribution in [0.1, 0.15) is 30.0 Å². The number of hydrogen-bond acceptors (Lipinski definition) is 2. The number of aryl methyl sites for hydroxylation is 1. The highest BCUT2D eigenvalue weighted by atomic mass is 16.5. The molecule has 0 fully saturated rings. The molecule has 0 aliphatic rings. The number of para-hydroxylation sites is 2. The van der Waals surface area contributed by atoms with Crippen molar-refractivity contribution in [2.45, 2.75) is 26.4 Å². The third kappa shape index (κ3) is 2.75. The van der Waals surface area contributed by atoms with Gasteiger partial charge in [0, 0.05) is 0 Å². The molecule has 1 aromatic heterocycles. The molecule has 0 radical (unpaired) electrons. The number of allylic oxidation sites excluding steroid dienone is 1. The summed E-state index contributed by atoms with van der Waals surface area (Å²) in [5, 5.41) is 0. The first-order valence-electron chi connectivity index (χ1n) is 7.49. The molecule has 0 amide bonds. The normalized spacial score (nSPS) is 12.3. The van der Waals surface area contributed by atoms with Crippen molar-refractivity contribution in [1.29, 1.82) is 0 Å². The number of benzene rings is 2. The highest BCUT2D eigenvalue weighted by Gasteiger charge is 2.14. The number of aromatic nitrogens is 2. The minimum atomic E-state index is -0.141. The van der Waals surface area contributed by atoms with E-state index in [0.717, 1.165) is 34.6 Å². The van der Waals surface area contributed by atoms with Gasteiger partial charge in [0.1, 0.15) is 11.6 Å². The molecule has 3 heteroatoms. The van der Waals surface area contributed by atoms with Crippen LogP contribution in [0, 0.1) is 6.92 Å². The number of hydrogen-bond donors (Lipinski definition) is 1. The molecular formula is C19H20N2O. The van der Waals surface area contributed by atoms with Crippen molar-refractivity contribution in [2.24, 2.45) is 0 Å². The Morgan fingerprint density at radius 3 is 2.82 bits per heavy atom. The largest absolute Gasteiger partial charge is 0.483 e. The molecule has 0 saturated carbocycles. The number of nitrogens with one attached hydrogen (secondary N) is 1. The van der Waals surface area contributed by atoms with Gasteiger partial charge in [-0.3, -0.25) is 0 Å². The lowest BCUT2D eigenvalue weighted by Crippen LogP contribution is -2.06. The summed E-state index contributed by atoms with van der Waals surface area (Å²) in [5.41, 5.74) is 4.35. The van der Waals surface area contributed by atoms with Gasteiger partial charge in [-0.15, -0.1) is 6.58 Å². The van der Waals surface area contributed by atoms with Gasteiger partial charge in [0.25, 0.3) is 0 Å². The average molecular weight is 292 g/mol. The summed E-state index contributed by atoms with van der Waals surface area (Å²) in [4.78, 5) is 8.03. The van der Waals surface area contributed by atoms with Crippen LogP contribution in [-0.4, -0.2) is 9.97 Å². The number of aromatic amines is 1. The van der Waals surface area contributed by atoms with Crippen molar-refractivity contribution in [3.05, 3.63) is 72.1 Å². The van der Waals surface area contributed by atoms with Crippen LogP contribution >= 0.6 is 0 Å². The molecule has 3 nitrogen and oxygen atoms in total. The monoisotopic (exact) mass is 292 g/mol. The standard InChI is InChI=1S/C19H20N2O/c1-4-8-15-10-5-6-12-17(15)22-14(3)19-20-16-11-7-9-13(2)18(16)21-19/h4-7,9-12,14H,1,8H2,2-3H3,(H,20,21)/t14-/m0/s1. The predicted octanol–water partition coefficient (Wildman–Crippen LogP) is 4.74. The predicted molar refractivity (Wildman–Crippen MR) is 90.2 cm³/mol. The summed E-state index contributed by atoms with van der Waals surface area (Å²) >= 11 is 0. The SMILES string of the molecule is C=CCc1ccccc1O[C@@H](C)c1nc2c(C)cccc2[nH]1. The molecule has 0 unspecified atom stereocenters. The quantitative estimate of drug-likeness (QED) is 0.690. The van der Waals surface area contributed by atoms with Gasteiger partial charge >= 0.3 is 0 Å². The van der Waals surface area contributed by atoms with Crippen LogP contribution < -0.4 is 4.74 Å². The summed E-state index contributed by atoms with van der Waals surface area (Å²) in [7, 11) is 0. The van der Waals surface area contributed by atoms with Gasteiger partial charge in [0.05, 0.1) is 11.0 Å². The molecule has 1 atom stereocenters. The smallest absolute Gasteiger partial charge is 0.153 e. The lowest BCUT2D eigenvalue weighted by atomic mass is 10.1. The Bertz CT molecular complexity index is 804. The Kier molecular flexibility index (Phi) is 3.96. The van der Waals surface area contributed by atoms with E-state index < -0.39 is 0 Å². The number of nitrogens with zero attached hydrogens (tertiary/aromatic N) is 1. The summed E-state index contributed by atoms with van der Waals surface area (Å²) < 4.78 is 6.11. The summed E-state index contributed by atoms with van der Waals surface area (Å²) in [6.45, 7) is 7.88. The Balaban J connectivity index is 1.88. The number of fused-ring (bicyclic) bond motifs is 1. The number of rotatable bonds is 5. The Morgan fingerprint density at radius 2 is 2.05 bits per heavy atom. The zero-order chi connectivity index (χ0) is 15.5. The highest BCUT2D eigenvalue weighted by Crippen LogP contribution is 2.26. The van der Waals surface area contributed by atoms with E-state index in [9.17, 15) is 0 Å². The fourth-order valence-electron chi connectivity index (χ4n) is 2.58. The molecule has 1 heterocycles. The maximum absolute atomic E-state index is 6.11. The summed E-state index contributed by atoms with van der Waals surface area (Å²) in [6.07, 6.45) is 2.54. The molecule has 22 heavy (non-hydrogen) atoms. The van der Waals surface area contributed by atoms with Gasteiger partial charge in [-0.1, -0.05) is 36.4 Å². The zero-order valence-corrected chi connectivity index (χ0v) is 13.0. The Hall–Kier alpha value is -2.55. The second-order valence-electron chi connectivity index (χ2n) is 5.45. The lowest BCUT2D eigenvalue weighted by Gasteiger charge is -2.15. The fraction of sp³-hybridized carbons (Fsp3) is 0.211. The number of imidazole rings is 1. The van der Waals surface area contributed by atoms with Crippen molar-refractivity contribution in [3.63, 3.8) is 0 Å².